The second-order valence-electron chi connectivity index (χ2n) is 6.48. The van der Waals surface area contributed by atoms with Crippen molar-refractivity contribution in [3.05, 3.63) is 52.0 Å². The van der Waals surface area contributed by atoms with Gasteiger partial charge in [-0.25, -0.2) is 4.39 Å². The van der Waals surface area contributed by atoms with Crippen LogP contribution >= 0.6 is 23.1 Å². The number of ketones is 1. The Kier molecular flexibility index (Phi) is 7.04. The zero-order valence-corrected chi connectivity index (χ0v) is 16.8. The molecule has 1 amide bonds. The highest BCUT2D eigenvalue weighted by Crippen LogP contribution is 2.24. The first-order valence-corrected chi connectivity index (χ1v) is 10.7. The molecule has 0 saturated carbocycles. The van der Waals surface area contributed by atoms with E-state index in [9.17, 15) is 14.0 Å². The van der Waals surface area contributed by atoms with Crippen LogP contribution in [0.5, 0.6) is 0 Å². The molecule has 2 heterocycles. The number of carbonyl (C=O) groups is 2. The number of halogens is 1. The number of Topliss-reactive ketones (excluding diaryl/α,β-unsaturated/α-hetero) is 1. The van der Waals surface area contributed by atoms with Gasteiger partial charge in [0.25, 0.3) is 0 Å². The molecular weight excluding hydrogens is 385 g/mol. The lowest BCUT2D eigenvalue weighted by Gasteiger charge is -2.25. The molecule has 1 atom stereocenters. The fourth-order valence-corrected chi connectivity index (χ4v) is 4.49. The van der Waals surface area contributed by atoms with Crippen LogP contribution in [0.4, 0.5) is 4.39 Å². The number of thioether (sulfide) groups is 1. The van der Waals surface area contributed by atoms with Gasteiger partial charge in [0.15, 0.2) is 5.78 Å². The highest BCUT2D eigenvalue weighted by Gasteiger charge is 2.23. The Morgan fingerprint density at radius 2 is 2.22 bits per heavy atom. The summed E-state index contributed by atoms with van der Waals surface area (Å²) in [7, 11) is 0. The largest absolute Gasteiger partial charge is 0.376 e. The van der Waals surface area contributed by atoms with Gasteiger partial charge >= 0.3 is 0 Å². The first-order valence-electron chi connectivity index (χ1n) is 8.88. The lowest BCUT2D eigenvalue weighted by molar-refractivity contribution is -0.130. The fraction of sp³-hybridized carbons (Fsp3) is 0.400. The Morgan fingerprint density at radius 1 is 1.37 bits per heavy atom. The quantitative estimate of drug-likeness (QED) is 0.481. The molecule has 7 heteroatoms. The molecule has 1 aromatic carbocycles. The molecule has 0 spiro atoms. The van der Waals surface area contributed by atoms with Crippen molar-refractivity contribution in [3.63, 3.8) is 0 Å². The maximum atomic E-state index is 14.2. The van der Waals surface area contributed by atoms with Gasteiger partial charge in [-0.15, -0.1) is 23.1 Å². The smallest absolute Gasteiger partial charge is 0.233 e. The molecule has 0 N–H and O–H groups in total. The van der Waals surface area contributed by atoms with E-state index in [1.807, 2.05) is 17.5 Å². The van der Waals surface area contributed by atoms with Gasteiger partial charge in [0.05, 0.1) is 18.4 Å². The van der Waals surface area contributed by atoms with Gasteiger partial charge in [-0.05, 0) is 43.3 Å². The van der Waals surface area contributed by atoms with Gasteiger partial charge < -0.3 is 9.64 Å². The number of hydrogen-bond donors (Lipinski definition) is 0. The minimum atomic E-state index is -0.468. The molecule has 1 aromatic heterocycles. The van der Waals surface area contributed by atoms with Crippen LogP contribution in [0.15, 0.2) is 40.6 Å². The second kappa shape index (κ2) is 9.48. The van der Waals surface area contributed by atoms with Crippen LogP contribution < -0.4 is 0 Å². The van der Waals surface area contributed by atoms with Crippen molar-refractivity contribution < 1.29 is 18.7 Å². The first kappa shape index (κ1) is 20.0. The van der Waals surface area contributed by atoms with Crippen molar-refractivity contribution >= 4 is 34.8 Å². The Labute approximate surface area is 166 Å². The average molecular weight is 408 g/mol. The van der Waals surface area contributed by atoms with Gasteiger partial charge in [0.2, 0.25) is 5.91 Å². The average Bonchev–Trinajstić information content (AvgIpc) is 3.33. The topological polar surface area (TPSA) is 46.6 Å². The summed E-state index contributed by atoms with van der Waals surface area (Å²) >= 11 is 2.77. The Bertz CT molecular complexity index is 789. The predicted molar refractivity (Wildman–Crippen MR) is 106 cm³/mol. The van der Waals surface area contributed by atoms with E-state index in [-0.39, 0.29) is 23.5 Å². The van der Waals surface area contributed by atoms with Gasteiger partial charge in [-0.2, -0.15) is 0 Å². The summed E-state index contributed by atoms with van der Waals surface area (Å²) in [6.45, 7) is 3.25. The molecule has 0 bridgehead atoms. The molecule has 1 unspecified atom stereocenters. The molecule has 3 rings (SSSR count). The maximum Gasteiger partial charge on any atom is 0.233 e. The molecule has 0 aliphatic carbocycles. The minimum absolute atomic E-state index is 0.0426. The van der Waals surface area contributed by atoms with E-state index in [1.165, 1.54) is 13.0 Å². The normalized spacial score (nSPS) is 16.4. The third-order valence-corrected chi connectivity index (χ3v) is 6.31. The van der Waals surface area contributed by atoms with Crippen molar-refractivity contribution in [1.82, 2.24) is 4.90 Å². The third kappa shape index (κ3) is 5.64. The van der Waals surface area contributed by atoms with Crippen molar-refractivity contribution in [2.24, 2.45) is 0 Å². The summed E-state index contributed by atoms with van der Waals surface area (Å²) in [6.07, 6.45) is 2.06. The van der Waals surface area contributed by atoms with Crippen LogP contribution in [0.1, 0.15) is 35.0 Å². The molecule has 27 heavy (non-hydrogen) atoms. The summed E-state index contributed by atoms with van der Waals surface area (Å²) in [6, 6.07) is 8.36. The molecule has 1 fully saturated rings. The zero-order valence-electron chi connectivity index (χ0n) is 15.2. The van der Waals surface area contributed by atoms with E-state index >= 15 is 0 Å². The maximum absolute atomic E-state index is 14.2. The number of benzene rings is 1. The van der Waals surface area contributed by atoms with E-state index in [0.717, 1.165) is 36.1 Å². The lowest BCUT2D eigenvalue weighted by Crippen LogP contribution is -2.37. The molecule has 1 aliphatic heterocycles. The van der Waals surface area contributed by atoms with Crippen LogP contribution in [0.3, 0.4) is 0 Å². The van der Waals surface area contributed by atoms with Crippen LogP contribution in [0.2, 0.25) is 0 Å². The molecule has 2 aromatic rings. The minimum Gasteiger partial charge on any atom is -0.376 e. The summed E-state index contributed by atoms with van der Waals surface area (Å²) in [5.74, 6) is -0.544. The van der Waals surface area contributed by atoms with Crippen LogP contribution in [0, 0.1) is 5.82 Å². The summed E-state index contributed by atoms with van der Waals surface area (Å²) in [5.41, 5.74) is 0.334. The Hall–Kier alpha value is -1.70. The fourth-order valence-electron chi connectivity index (χ4n) is 2.95. The third-order valence-electron chi connectivity index (χ3n) is 4.42. The number of hydrogen-bond acceptors (Lipinski definition) is 5. The molecular formula is C20H22FNO3S2. The van der Waals surface area contributed by atoms with Crippen molar-refractivity contribution in [2.45, 2.75) is 37.3 Å². The van der Waals surface area contributed by atoms with Crippen LogP contribution in [-0.2, 0) is 16.1 Å². The highest BCUT2D eigenvalue weighted by molar-refractivity contribution is 8.00. The van der Waals surface area contributed by atoms with E-state index < -0.39 is 5.82 Å². The van der Waals surface area contributed by atoms with E-state index in [0.29, 0.717) is 23.5 Å². The molecule has 1 aliphatic rings. The molecule has 0 radical (unpaired) electrons. The zero-order chi connectivity index (χ0) is 19.2. The number of nitrogens with zero attached hydrogens (tertiary/aromatic N) is 1. The number of carbonyl (C=O) groups excluding carboxylic acids is 2. The second-order valence-corrected chi connectivity index (χ2v) is 8.53. The van der Waals surface area contributed by atoms with Crippen molar-refractivity contribution in [1.29, 1.82) is 0 Å². The number of rotatable bonds is 8. The highest BCUT2D eigenvalue weighted by atomic mass is 32.2. The van der Waals surface area contributed by atoms with E-state index in [2.05, 4.69) is 0 Å². The Balaban J connectivity index is 1.63. The number of amides is 1. The van der Waals surface area contributed by atoms with Gasteiger partial charge in [-0.3, -0.25) is 9.59 Å². The van der Waals surface area contributed by atoms with Crippen LogP contribution in [-0.4, -0.2) is 41.6 Å². The lowest BCUT2D eigenvalue weighted by atomic mass is 10.1. The van der Waals surface area contributed by atoms with Gasteiger partial charge in [-0.1, -0.05) is 12.1 Å². The van der Waals surface area contributed by atoms with Crippen molar-refractivity contribution in [3.8, 4) is 0 Å². The molecule has 4 nitrogen and oxygen atoms in total. The van der Waals surface area contributed by atoms with Gasteiger partial charge in [0, 0.05) is 28.5 Å². The summed E-state index contributed by atoms with van der Waals surface area (Å²) < 4.78 is 19.9. The standard InChI is InChI=1S/C20H22FNO3S2/c1-14(23)15-6-7-19(18(21)10-15)27-13-20(24)22(11-16-4-2-8-25-16)12-17-5-3-9-26-17/h3,5-7,9-10,16H,2,4,8,11-13H2,1H3. The van der Waals surface area contributed by atoms with Crippen LogP contribution in [0.25, 0.3) is 0 Å². The molecule has 144 valence electrons. The van der Waals surface area contributed by atoms with Crippen molar-refractivity contribution in [2.75, 3.05) is 18.9 Å². The first-order chi connectivity index (χ1) is 13.0. The SMILES string of the molecule is CC(=O)c1ccc(SCC(=O)N(Cc2cccs2)CC2CCCO2)c(F)c1. The van der Waals surface area contributed by atoms with E-state index in [4.69, 9.17) is 4.74 Å². The van der Waals surface area contributed by atoms with Gasteiger partial charge in [0.1, 0.15) is 5.82 Å². The predicted octanol–water partition coefficient (Wildman–Crippen LogP) is 4.39. The molecule has 1 saturated heterocycles. The Morgan fingerprint density at radius 3 is 2.85 bits per heavy atom. The summed E-state index contributed by atoms with van der Waals surface area (Å²) in [4.78, 5) is 27.4. The van der Waals surface area contributed by atoms with E-state index in [1.54, 1.807) is 28.4 Å². The summed E-state index contributed by atoms with van der Waals surface area (Å²) in [5, 5.41) is 1.99. The number of ether oxygens (including phenoxy) is 1. The monoisotopic (exact) mass is 407 g/mol. The number of thiophene rings is 1.